The normalized spacial score (nSPS) is 27.7. The van der Waals surface area contributed by atoms with Crippen LogP contribution in [-0.2, 0) is 10.0 Å². The summed E-state index contributed by atoms with van der Waals surface area (Å²) in [7, 11) is -3.48. The molecule has 1 aromatic carbocycles. The van der Waals surface area contributed by atoms with E-state index in [1.165, 1.54) is 12.1 Å². The van der Waals surface area contributed by atoms with Crippen molar-refractivity contribution in [2.45, 2.75) is 37.6 Å². The zero-order chi connectivity index (χ0) is 14.2. The molecule has 0 aliphatic heterocycles. The summed E-state index contributed by atoms with van der Waals surface area (Å²) in [6, 6.07) is 4.67. The summed E-state index contributed by atoms with van der Waals surface area (Å²) in [6.45, 7) is 4.26. The van der Waals surface area contributed by atoms with Crippen LogP contribution >= 0.6 is 27.5 Å². The highest BCUT2D eigenvalue weighted by Crippen LogP contribution is 2.32. The van der Waals surface area contributed by atoms with Gasteiger partial charge in [0, 0.05) is 10.5 Å². The Balaban J connectivity index is 2.21. The van der Waals surface area contributed by atoms with Crippen LogP contribution in [0, 0.1) is 11.8 Å². The maximum Gasteiger partial charge on any atom is 0.240 e. The predicted molar refractivity (Wildman–Crippen MR) is 80.8 cm³/mol. The molecule has 1 N–H and O–H groups in total. The fourth-order valence-corrected chi connectivity index (χ4v) is 4.48. The number of hydrogen-bond donors (Lipinski definition) is 1. The van der Waals surface area contributed by atoms with Crippen molar-refractivity contribution in [3.05, 3.63) is 27.7 Å². The molecule has 1 aromatic rings. The second-order valence-electron chi connectivity index (χ2n) is 5.22. The molecule has 1 fully saturated rings. The molecule has 0 amide bonds. The van der Waals surface area contributed by atoms with Gasteiger partial charge in [0.2, 0.25) is 10.0 Å². The third kappa shape index (κ3) is 3.32. The van der Waals surface area contributed by atoms with E-state index in [2.05, 4.69) is 34.5 Å². The molecule has 3 atom stereocenters. The topological polar surface area (TPSA) is 46.2 Å². The monoisotopic (exact) mass is 365 g/mol. The average Bonchev–Trinajstić information content (AvgIpc) is 2.64. The van der Waals surface area contributed by atoms with Crippen molar-refractivity contribution in [3.8, 4) is 0 Å². The van der Waals surface area contributed by atoms with E-state index in [1.54, 1.807) is 6.07 Å². The van der Waals surface area contributed by atoms with E-state index in [1.807, 2.05) is 0 Å². The van der Waals surface area contributed by atoms with Crippen molar-refractivity contribution < 1.29 is 8.42 Å². The molecule has 19 heavy (non-hydrogen) atoms. The largest absolute Gasteiger partial charge is 0.240 e. The molecular weight excluding hydrogens is 350 g/mol. The molecule has 1 aliphatic rings. The summed E-state index contributed by atoms with van der Waals surface area (Å²) in [5.41, 5.74) is 0. The van der Waals surface area contributed by atoms with Gasteiger partial charge in [-0.3, -0.25) is 0 Å². The molecule has 0 saturated heterocycles. The van der Waals surface area contributed by atoms with E-state index in [4.69, 9.17) is 11.6 Å². The Bertz CT molecular complexity index is 576. The van der Waals surface area contributed by atoms with Crippen LogP contribution in [-0.4, -0.2) is 14.5 Å². The smallest absolute Gasteiger partial charge is 0.208 e. The van der Waals surface area contributed by atoms with E-state index >= 15 is 0 Å². The lowest BCUT2D eigenvalue weighted by Crippen LogP contribution is -2.37. The third-order valence-electron chi connectivity index (χ3n) is 3.97. The van der Waals surface area contributed by atoms with Gasteiger partial charge in [0.25, 0.3) is 0 Å². The average molecular weight is 367 g/mol. The maximum atomic E-state index is 12.3. The molecule has 0 spiro atoms. The lowest BCUT2D eigenvalue weighted by atomic mass is 9.98. The molecule has 0 heterocycles. The Labute approximate surface area is 127 Å². The quantitative estimate of drug-likeness (QED) is 0.884. The van der Waals surface area contributed by atoms with Gasteiger partial charge in [0.05, 0.1) is 9.92 Å². The van der Waals surface area contributed by atoms with Crippen LogP contribution in [0.1, 0.15) is 26.7 Å². The van der Waals surface area contributed by atoms with Crippen LogP contribution in [0.25, 0.3) is 0 Å². The Morgan fingerprint density at radius 1 is 1.32 bits per heavy atom. The Hall–Kier alpha value is -0.100. The summed E-state index contributed by atoms with van der Waals surface area (Å²) < 4.78 is 28.1. The van der Waals surface area contributed by atoms with E-state index in [9.17, 15) is 8.42 Å². The minimum atomic E-state index is -3.48. The zero-order valence-electron chi connectivity index (χ0n) is 10.9. The summed E-state index contributed by atoms with van der Waals surface area (Å²) in [5.74, 6) is 0.926. The van der Waals surface area contributed by atoms with Crippen LogP contribution in [0.5, 0.6) is 0 Å². The number of nitrogens with one attached hydrogen (secondary N) is 1. The van der Waals surface area contributed by atoms with Gasteiger partial charge in [-0.05, 0) is 58.8 Å². The fourth-order valence-electron chi connectivity index (χ4n) is 2.44. The summed E-state index contributed by atoms with van der Waals surface area (Å²) in [6.07, 6.45) is 1.97. The van der Waals surface area contributed by atoms with E-state index in [0.717, 1.165) is 12.8 Å². The Morgan fingerprint density at radius 3 is 2.53 bits per heavy atom. The van der Waals surface area contributed by atoms with Gasteiger partial charge >= 0.3 is 0 Å². The van der Waals surface area contributed by atoms with Crippen molar-refractivity contribution in [1.82, 2.24) is 4.72 Å². The second-order valence-corrected chi connectivity index (χ2v) is 8.19. The minimum absolute atomic E-state index is 0.0226. The van der Waals surface area contributed by atoms with E-state index in [-0.39, 0.29) is 10.9 Å². The first kappa shape index (κ1) is 15.3. The molecule has 3 nitrogen and oxygen atoms in total. The standard InChI is InChI=1S/C13H17BrClNO2S/c1-8-3-6-13(9(8)2)16-19(17,18)10-4-5-12(15)11(14)7-10/h4-5,7-9,13,16H,3,6H2,1-2H3. The van der Waals surface area contributed by atoms with Gasteiger partial charge in [0.1, 0.15) is 0 Å². The van der Waals surface area contributed by atoms with Crippen molar-refractivity contribution in [3.63, 3.8) is 0 Å². The van der Waals surface area contributed by atoms with E-state index in [0.29, 0.717) is 21.3 Å². The Kier molecular flexibility index (Phi) is 4.60. The van der Waals surface area contributed by atoms with Gasteiger partial charge in [-0.2, -0.15) is 0 Å². The van der Waals surface area contributed by atoms with Crippen molar-refractivity contribution in [2.75, 3.05) is 0 Å². The lowest BCUT2D eigenvalue weighted by Gasteiger charge is -2.19. The summed E-state index contributed by atoms with van der Waals surface area (Å²) in [4.78, 5) is 0.246. The van der Waals surface area contributed by atoms with Gasteiger partial charge < -0.3 is 0 Å². The third-order valence-corrected chi connectivity index (χ3v) is 6.67. The first-order valence-electron chi connectivity index (χ1n) is 6.28. The molecule has 2 rings (SSSR count). The number of halogens is 2. The van der Waals surface area contributed by atoms with Gasteiger partial charge in [-0.1, -0.05) is 25.4 Å². The van der Waals surface area contributed by atoms with Crippen LogP contribution in [0.15, 0.2) is 27.6 Å². The number of sulfonamides is 1. The fraction of sp³-hybridized carbons (Fsp3) is 0.538. The minimum Gasteiger partial charge on any atom is -0.208 e. The SMILES string of the molecule is CC1CCC(NS(=O)(=O)c2ccc(Cl)c(Br)c2)C1C. The zero-order valence-corrected chi connectivity index (χ0v) is 14.0. The van der Waals surface area contributed by atoms with E-state index < -0.39 is 10.0 Å². The lowest BCUT2D eigenvalue weighted by molar-refractivity contribution is 0.402. The van der Waals surface area contributed by atoms with Crippen LogP contribution in [0.4, 0.5) is 0 Å². The first-order valence-corrected chi connectivity index (χ1v) is 8.94. The molecule has 3 unspecified atom stereocenters. The second kappa shape index (κ2) is 5.72. The van der Waals surface area contributed by atoms with Gasteiger partial charge in [-0.15, -0.1) is 0 Å². The predicted octanol–water partition coefficient (Wildman–Crippen LogP) is 3.82. The van der Waals surface area contributed by atoms with Crippen molar-refractivity contribution in [2.24, 2.45) is 11.8 Å². The summed E-state index contributed by atoms with van der Waals surface area (Å²) >= 11 is 9.13. The Morgan fingerprint density at radius 2 is 2.00 bits per heavy atom. The molecule has 0 radical (unpaired) electrons. The highest BCUT2D eigenvalue weighted by atomic mass is 79.9. The maximum absolute atomic E-state index is 12.3. The highest BCUT2D eigenvalue weighted by molar-refractivity contribution is 9.10. The van der Waals surface area contributed by atoms with Gasteiger partial charge in [0.15, 0.2) is 0 Å². The highest BCUT2D eigenvalue weighted by Gasteiger charge is 2.33. The van der Waals surface area contributed by atoms with Crippen molar-refractivity contribution in [1.29, 1.82) is 0 Å². The number of hydrogen-bond acceptors (Lipinski definition) is 2. The van der Waals surface area contributed by atoms with Crippen LogP contribution in [0.2, 0.25) is 5.02 Å². The molecule has 1 saturated carbocycles. The van der Waals surface area contributed by atoms with Gasteiger partial charge in [-0.25, -0.2) is 13.1 Å². The van der Waals surface area contributed by atoms with Crippen molar-refractivity contribution >= 4 is 37.6 Å². The summed E-state index contributed by atoms with van der Waals surface area (Å²) in [5, 5.41) is 0.502. The molecule has 106 valence electrons. The first-order chi connectivity index (χ1) is 8.81. The molecular formula is C13H17BrClNO2S. The molecule has 0 bridgehead atoms. The number of rotatable bonds is 3. The van der Waals surface area contributed by atoms with Crippen LogP contribution < -0.4 is 4.72 Å². The van der Waals surface area contributed by atoms with Crippen LogP contribution in [0.3, 0.4) is 0 Å². The number of benzene rings is 1. The molecule has 0 aromatic heterocycles. The molecule has 1 aliphatic carbocycles. The molecule has 6 heteroatoms.